The van der Waals surface area contributed by atoms with E-state index in [-0.39, 0.29) is 0 Å². The summed E-state index contributed by atoms with van der Waals surface area (Å²) in [5.74, 6) is 3.36. The number of aromatic nitrogens is 8. The molecule has 0 aromatic carbocycles. The van der Waals surface area contributed by atoms with Crippen LogP contribution >= 0.6 is 11.6 Å². The summed E-state index contributed by atoms with van der Waals surface area (Å²) in [6.45, 7) is 1.78. The highest BCUT2D eigenvalue weighted by Crippen LogP contribution is 2.30. The molecular formula is C18H18ClN9. The zero-order valence-corrected chi connectivity index (χ0v) is 16.0. The van der Waals surface area contributed by atoms with Crippen molar-refractivity contribution in [2.45, 2.75) is 25.4 Å². The quantitative estimate of drug-likeness (QED) is 0.534. The lowest BCUT2D eigenvalue weighted by Gasteiger charge is -2.06. The van der Waals surface area contributed by atoms with Gasteiger partial charge in [-0.05, 0) is 18.6 Å². The third-order valence-corrected chi connectivity index (χ3v) is 5.10. The van der Waals surface area contributed by atoms with Crippen molar-refractivity contribution in [2.75, 3.05) is 5.32 Å². The molecule has 10 heteroatoms. The molecule has 1 aliphatic rings. The second-order valence-corrected chi connectivity index (χ2v) is 6.88. The molecule has 0 unspecified atom stereocenters. The zero-order valence-electron chi connectivity index (χ0n) is 15.2. The van der Waals surface area contributed by atoms with Crippen LogP contribution in [0, 0.1) is 0 Å². The highest BCUT2D eigenvalue weighted by Gasteiger charge is 2.21. The minimum Gasteiger partial charge on any atom is -0.344 e. The van der Waals surface area contributed by atoms with Crippen LogP contribution < -0.4 is 5.32 Å². The third-order valence-electron chi connectivity index (χ3n) is 4.87. The van der Waals surface area contributed by atoms with Crippen molar-refractivity contribution in [2.24, 2.45) is 7.05 Å². The molecule has 0 aliphatic carbocycles. The lowest BCUT2D eigenvalue weighted by molar-refractivity contribution is 0.583. The minimum absolute atomic E-state index is 0.357. The van der Waals surface area contributed by atoms with Crippen LogP contribution in [0.15, 0.2) is 36.8 Å². The van der Waals surface area contributed by atoms with Crippen LogP contribution in [0.25, 0.3) is 22.8 Å². The number of aryl methyl sites for hydroxylation is 2. The van der Waals surface area contributed by atoms with Crippen molar-refractivity contribution >= 4 is 23.4 Å². The molecule has 28 heavy (non-hydrogen) atoms. The van der Waals surface area contributed by atoms with Crippen molar-refractivity contribution < 1.29 is 0 Å². The first-order valence-corrected chi connectivity index (χ1v) is 9.53. The Morgan fingerprint density at radius 1 is 1.18 bits per heavy atom. The van der Waals surface area contributed by atoms with Gasteiger partial charge in [-0.25, -0.2) is 9.97 Å². The van der Waals surface area contributed by atoms with Crippen LogP contribution in [-0.4, -0.2) is 39.1 Å². The standard InChI is InChI=1S/C18H18ClN9/c1-26-15(4-6-21-26)23-18-20-5-3-13(22-18)12-9-14-17-25-24-16(10-19)28(17)8-2-7-27(14)11-12/h3-6,9,11H,2,7-8,10H2,1H3,(H,20,22,23). The van der Waals surface area contributed by atoms with Crippen LogP contribution in [0.1, 0.15) is 12.2 Å². The van der Waals surface area contributed by atoms with E-state index in [0.717, 1.165) is 53.9 Å². The predicted molar refractivity (Wildman–Crippen MR) is 105 cm³/mol. The van der Waals surface area contributed by atoms with Gasteiger partial charge >= 0.3 is 0 Å². The fourth-order valence-corrected chi connectivity index (χ4v) is 3.67. The fourth-order valence-electron chi connectivity index (χ4n) is 3.47. The van der Waals surface area contributed by atoms with E-state index in [4.69, 9.17) is 11.6 Å². The predicted octanol–water partition coefficient (Wildman–Crippen LogP) is 2.82. The number of halogens is 1. The molecule has 0 amide bonds. The van der Waals surface area contributed by atoms with Gasteiger partial charge in [0, 0.05) is 44.2 Å². The zero-order chi connectivity index (χ0) is 19.1. The molecule has 0 spiro atoms. The number of nitrogens with one attached hydrogen (secondary N) is 1. The average molecular weight is 396 g/mol. The summed E-state index contributed by atoms with van der Waals surface area (Å²) >= 11 is 6.01. The maximum atomic E-state index is 6.01. The van der Waals surface area contributed by atoms with Gasteiger partial charge in [0.2, 0.25) is 5.95 Å². The number of anilines is 2. The average Bonchev–Trinajstić information content (AvgIpc) is 3.39. The first kappa shape index (κ1) is 16.9. The van der Waals surface area contributed by atoms with E-state index in [0.29, 0.717) is 11.8 Å². The van der Waals surface area contributed by atoms with Crippen molar-refractivity contribution in [1.29, 1.82) is 0 Å². The van der Waals surface area contributed by atoms with E-state index in [1.165, 1.54) is 0 Å². The molecule has 0 radical (unpaired) electrons. The van der Waals surface area contributed by atoms with Gasteiger partial charge in [0.15, 0.2) is 5.82 Å². The second-order valence-electron chi connectivity index (χ2n) is 6.62. The summed E-state index contributed by atoms with van der Waals surface area (Å²) in [6.07, 6.45) is 6.57. The molecule has 142 valence electrons. The monoisotopic (exact) mass is 395 g/mol. The molecule has 5 rings (SSSR count). The Morgan fingerprint density at radius 2 is 2.11 bits per heavy atom. The first-order chi connectivity index (χ1) is 13.7. The Hall–Kier alpha value is -3.20. The van der Waals surface area contributed by atoms with Crippen molar-refractivity contribution in [3.8, 4) is 22.8 Å². The van der Waals surface area contributed by atoms with Crippen molar-refractivity contribution in [3.63, 3.8) is 0 Å². The Morgan fingerprint density at radius 3 is 2.93 bits per heavy atom. The highest BCUT2D eigenvalue weighted by atomic mass is 35.5. The van der Waals surface area contributed by atoms with E-state index in [1.807, 2.05) is 19.2 Å². The van der Waals surface area contributed by atoms with Gasteiger partial charge in [-0.1, -0.05) is 0 Å². The largest absolute Gasteiger partial charge is 0.344 e. The lowest BCUT2D eigenvalue weighted by Crippen LogP contribution is -2.03. The van der Waals surface area contributed by atoms with E-state index in [9.17, 15) is 0 Å². The molecule has 1 N–H and O–H groups in total. The van der Waals surface area contributed by atoms with E-state index < -0.39 is 0 Å². The maximum Gasteiger partial charge on any atom is 0.228 e. The smallest absolute Gasteiger partial charge is 0.228 e. The minimum atomic E-state index is 0.357. The summed E-state index contributed by atoms with van der Waals surface area (Å²) in [5, 5.41) is 15.9. The molecule has 0 bridgehead atoms. The van der Waals surface area contributed by atoms with Gasteiger partial charge in [0.1, 0.15) is 11.6 Å². The van der Waals surface area contributed by atoms with Crippen molar-refractivity contribution in [1.82, 2.24) is 39.1 Å². The summed E-state index contributed by atoms with van der Waals surface area (Å²) in [5.41, 5.74) is 2.87. The molecule has 9 nitrogen and oxygen atoms in total. The lowest BCUT2D eigenvalue weighted by atomic mass is 10.2. The first-order valence-electron chi connectivity index (χ1n) is 9.00. The van der Waals surface area contributed by atoms with Crippen molar-refractivity contribution in [3.05, 3.63) is 42.6 Å². The summed E-state index contributed by atoms with van der Waals surface area (Å²) in [4.78, 5) is 8.98. The number of hydrogen-bond acceptors (Lipinski definition) is 6. The Kier molecular flexibility index (Phi) is 4.09. The number of nitrogens with zero attached hydrogens (tertiary/aromatic N) is 8. The van der Waals surface area contributed by atoms with Crippen LogP contribution in [-0.2, 0) is 26.0 Å². The van der Waals surface area contributed by atoms with Gasteiger partial charge in [0.25, 0.3) is 0 Å². The molecule has 0 fully saturated rings. The van der Waals surface area contributed by atoms with Gasteiger partial charge in [0.05, 0.1) is 23.5 Å². The van der Waals surface area contributed by atoms with Crippen LogP contribution in [0.4, 0.5) is 11.8 Å². The van der Waals surface area contributed by atoms with Crippen LogP contribution in [0.3, 0.4) is 0 Å². The third kappa shape index (κ3) is 2.84. The molecule has 4 aromatic heterocycles. The van der Waals surface area contributed by atoms with E-state index in [1.54, 1.807) is 17.1 Å². The summed E-state index contributed by atoms with van der Waals surface area (Å²) in [7, 11) is 1.86. The molecule has 0 atom stereocenters. The van der Waals surface area contributed by atoms with Gasteiger partial charge < -0.3 is 14.5 Å². The highest BCUT2D eigenvalue weighted by molar-refractivity contribution is 6.16. The molecule has 0 saturated heterocycles. The number of hydrogen-bond donors (Lipinski definition) is 1. The summed E-state index contributed by atoms with van der Waals surface area (Å²) < 4.78 is 6.04. The Labute approximate surface area is 166 Å². The maximum absolute atomic E-state index is 6.01. The molecular weight excluding hydrogens is 378 g/mol. The van der Waals surface area contributed by atoms with Gasteiger partial charge in [-0.15, -0.1) is 21.8 Å². The Bertz CT molecular complexity index is 1140. The van der Waals surface area contributed by atoms with Gasteiger partial charge in [-0.2, -0.15) is 5.10 Å². The van der Waals surface area contributed by atoms with Crippen LogP contribution in [0.5, 0.6) is 0 Å². The topological polar surface area (TPSA) is 91.3 Å². The Balaban J connectivity index is 1.51. The van der Waals surface area contributed by atoms with E-state index >= 15 is 0 Å². The fraction of sp³-hybridized carbons (Fsp3) is 0.278. The van der Waals surface area contributed by atoms with Gasteiger partial charge in [-0.3, -0.25) is 4.68 Å². The molecule has 4 aromatic rings. The number of alkyl halides is 1. The molecule has 0 saturated carbocycles. The summed E-state index contributed by atoms with van der Waals surface area (Å²) in [6, 6.07) is 5.87. The second kappa shape index (κ2) is 6.75. The van der Waals surface area contributed by atoms with Crippen LogP contribution in [0.2, 0.25) is 0 Å². The normalized spacial score (nSPS) is 13.1. The van der Waals surface area contributed by atoms with E-state index in [2.05, 4.69) is 52.0 Å². The number of rotatable bonds is 4. The SMILES string of the molecule is Cn1nccc1Nc1nccc(-c2cc3n(c2)CCCn2c(CCl)nnc2-3)n1. The number of fused-ring (bicyclic) bond motifs is 3. The molecule has 1 aliphatic heterocycles. The molecule has 5 heterocycles.